The molecule has 4 heteroatoms. The minimum Gasteiger partial charge on any atom is -0.467 e. The highest BCUT2D eigenvalue weighted by atomic mass is 16.5. The molecule has 1 aromatic rings. The molecule has 0 aliphatic rings. The lowest BCUT2D eigenvalue weighted by atomic mass is 10.3. The maximum atomic E-state index is 11.1. The van der Waals surface area contributed by atoms with E-state index in [0.717, 1.165) is 5.69 Å². The topological polar surface area (TPSA) is 44.1 Å². The van der Waals surface area contributed by atoms with Crippen LogP contribution in [0.2, 0.25) is 0 Å². The molecule has 0 saturated heterocycles. The van der Waals surface area contributed by atoms with Crippen molar-refractivity contribution in [1.29, 1.82) is 0 Å². The fourth-order valence-corrected chi connectivity index (χ4v) is 1.06. The number of carbonyl (C=O) groups is 1. The van der Waals surface area contributed by atoms with Gasteiger partial charge < -0.3 is 4.74 Å². The first kappa shape index (κ1) is 8.77. The number of carbonyl (C=O) groups excluding carboxylic acids is 1. The molecular weight excluding hydrogens is 156 g/mol. The normalized spacial score (nSPS) is 12.6. The van der Waals surface area contributed by atoms with E-state index in [9.17, 15) is 4.79 Å². The van der Waals surface area contributed by atoms with Crippen LogP contribution in [0.15, 0.2) is 12.3 Å². The van der Waals surface area contributed by atoms with Gasteiger partial charge >= 0.3 is 5.97 Å². The van der Waals surface area contributed by atoms with E-state index in [-0.39, 0.29) is 12.0 Å². The van der Waals surface area contributed by atoms with E-state index in [0.29, 0.717) is 0 Å². The third-order valence-electron chi connectivity index (χ3n) is 1.78. The monoisotopic (exact) mass is 168 g/mol. The number of hydrogen-bond donors (Lipinski definition) is 0. The summed E-state index contributed by atoms with van der Waals surface area (Å²) in [6.45, 7) is 3.65. The summed E-state index contributed by atoms with van der Waals surface area (Å²) in [7, 11) is 1.37. The van der Waals surface area contributed by atoms with Crippen molar-refractivity contribution in [1.82, 2.24) is 9.78 Å². The lowest BCUT2D eigenvalue weighted by molar-refractivity contribution is -0.144. The van der Waals surface area contributed by atoms with Crippen LogP contribution in [0.25, 0.3) is 0 Å². The predicted octanol–water partition coefficient (Wildman–Crippen LogP) is 0.926. The zero-order valence-corrected chi connectivity index (χ0v) is 7.44. The fourth-order valence-electron chi connectivity index (χ4n) is 1.06. The third-order valence-corrected chi connectivity index (χ3v) is 1.78. The largest absolute Gasteiger partial charge is 0.467 e. The Morgan fingerprint density at radius 3 is 2.83 bits per heavy atom. The molecule has 1 rings (SSSR count). The molecule has 0 saturated carbocycles. The smallest absolute Gasteiger partial charge is 0.330 e. The van der Waals surface area contributed by atoms with E-state index in [1.807, 2.05) is 13.0 Å². The van der Waals surface area contributed by atoms with Gasteiger partial charge in [-0.1, -0.05) is 0 Å². The average Bonchev–Trinajstić information content (AvgIpc) is 2.48. The summed E-state index contributed by atoms with van der Waals surface area (Å²) in [6.07, 6.45) is 1.66. The number of methoxy groups -OCH3 is 1. The Bertz CT molecular complexity index is 280. The lowest BCUT2D eigenvalue weighted by Gasteiger charge is -2.10. The summed E-state index contributed by atoms with van der Waals surface area (Å²) in [5, 5.41) is 4.00. The third kappa shape index (κ3) is 1.47. The van der Waals surface area contributed by atoms with Gasteiger partial charge in [0.15, 0.2) is 0 Å². The summed E-state index contributed by atoms with van der Waals surface area (Å²) >= 11 is 0. The number of rotatable bonds is 2. The number of esters is 1. The zero-order chi connectivity index (χ0) is 9.14. The molecule has 0 N–H and O–H groups in total. The minimum absolute atomic E-state index is 0.276. The second kappa shape index (κ2) is 3.38. The highest BCUT2D eigenvalue weighted by molar-refractivity contribution is 5.73. The van der Waals surface area contributed by atoms with E-state index in [2.05, 4.69) is 9.84 Å². The number of aryl methyl sites for hydroxylation is 1. The van der Waals surface area contributed by atoms with E-state index in [4.69, 9.17) is 0 Å². The molecule has 4 nitrogen and oxygen atoms in total. The van der Waals surface area contributed by atoms with Crippen LogP contribution in [-0.4, -0.2) is 22.9 Å². The maximum absolute atomic E-state index is 11.1. The molecule has 0 bridgehead atoms. The van der Waals surface area contributed by atoms with Crippen molar-refractivity contribution >= 4 is 5.97 Å². The number of ether oxygens (including phenoxy) is 1. The Morgan fingerprint density at radius 2 is 2.42 bits per heavy atom. The molecule has 0 aromatic carbocycles. The number of hydrogen-bond acceptors (Lipinski definition) is 3. The Kier molecular flexibility index (Phi) is 2.47. The minimum atomic E-state index is -0.343. The highest BCUT2D eigenvalue weighted by Crippen LogP contribution is 2.08. The van der Waals surface area contributed by atoms with Gasteiger partial charge in [0.2, 0.25) is 0 Å². The first-order valence-electron chi connectivity index (χ1n) is 3.74. The molecule has 12 heavy (non-hydrogen) atoms. The lowest BCUT2D eigenvalue weighted by Crippen LogP contribution is -2.19. The van der Waals surface area contributed by atoms with Crippen molar-refractivity contribution in [2.24, 2.45) is 0 Å². The van der Waals surface area contributed by atoms with Gasteiger partial charge in [0.25, 0.3) is 0 Å². The Hall–Kier alpha value is -1.32. The molecule has 66 valence electrons. The van der Waals surface area contributed by atoms with E-state index < -0.39 is 0 Å². The highest BCUT2D eigenvalue weighted by Gasteiger charge is 2.16. The molecule has 0 aliphatic carbocycles. The SMILES string of the molecule is COC(=O)[C@@H](C)n1nccc1C. The molecule has 1 heterocycles. The molecule has 0 spiro atoms. The molecule has 0 radical (unpaired) electrons. The average molecular weight is 168 g/mol. The second-order valence-corrected chi connectivity index (χ2v) is 2.62. The van der Waals surface area contributed by atoms with Crippen LogP contribution in [0.3, 0.4) is 0 Å². The zero-order valence-electron chi connectivity index (χ0n) is 7.44. The van der Waals surface area contributed by atoms with Gasteiger partial charge in [0.05, 0.1) is 7.11 Å². The van der Waals surface area contributed by atoms with Crippen LogP contribution < -0.4 is 0 Å². The molecule has 0 fully saturated rings. The van der Waals surface area contributed by atoms with Crippen LogP contribution in [0.1, 0.15) is 18.7 Å². The van der Waals surface area contributed by atoms with E-state index in [1.165, 1.54) is 7.11 Å². The van der Waals surface area contributed by atoms with Crippen LogP contribution >= 0.6 is 0 Å². The summed E-state index contributed by atoms with van der Waals surface area (Å²) in [4.78, 5) is 11.1. The first-order chi connectivity index (χ1) is 5.66. The van der Waals surface area contributed by atoms with Gasteiger partial charge in [-0.2, -0.15) is 5.10 Å². The summed E-state index contributed by atoms with van der Waals surface area (Å²) in [6, 6.07) is 1.50. The molecule has 0 amide bonds. The van der Waals surface area contributed by atoms with Gasteiger partial charge in [-0.3, -0.25) is 4.68 Å². The van der Waals surface area contributed by atoms with Gasteiger partial charge in [-0.15, -0.1) is 0 Å². The maximum Gasteiger partial charge on any atom is 0.330 e. The Morgan fingerprint density at radius 1 is 1.75 bits per heavy atom. The Balaban J connectivity index is 2.84. The van der Waals surface area contributed by atoms with Crippen molar-refractivity contribution in [3.8, 4) is 0 Å². The van der Waals surface area contributed by atoms with Crippen LogP contribution in [-0.2, 0) is 9.53 Å². The summed E-state index contributed by atoms with van der Waals surface area (Å²) in [5.74, 6) is -0.276. The van der Waals surface area contributed by atoms with Crippen molar-refractivity contribution in [2.75, 3.05) is 7.11 Å². The summed E-state index contributed by atoms with van der Waals surface area (Å²) < 4.78 is 6.22. The van der Waals surface area contributed by atoms with Gasteiger partial charge in [-0.05, 0) is 19.9 Å². The molecule has 1 aromatic heterocycles. The quantitative estimate of drug-likeness (QED) is 0.617. The van der Waals surface area contributed by atoms with Crippen LogP contribution in [0, 0.1) is 6.92 Å². The molecule has 0 aliphatic heterocycles. The first-order valence-corrected chi connectivity index (χ1v) is 3.74. The van der Waals surface area contributed by atoms with Crippen LogP contribution in [0.4, 0.5) is 0 Å². The predicted molar refractivity (Wildman–Crippen MR) is 43.7 cm³/mol. The van der Waals surface area contributed by atoms with Gasteiger partial charge in [0.1, 0.15) is 6.04 Å². The molecule has 0 unspecified atom stereocenters. The summed E-state index contributed by atoms with van der Waals surface area (Å²) in [5.41, 5.74) is 0.952. The second-order valence-electron chi connectivity index (χ2n) is 2.62. The van der Waals surface area contributed by atoms with Gasteiger partial charge in [-0.25, -0.2) is 4.79 Å². The molecule has 1 atom stereocenters. The van der Waals surface area contributed by atoms with Crippen molar-refractivity contribution in [2.45, 2.75) is 19.9 Å². The fraction of sp³-hybridized carbons (Fsp3) is 0.500. The number of nitrogens with zero attached hydrogens (tertiary/aromatic N) is 2. The molecular formula is C8H12N2O2. The standard InChI is InChI=1S/C8H12N2O2/c1-6-4-5-9-10(6)7(2)8(11)12-3/h4-5,7H,1-3H3/t7-/m1/s1. The van der Waals surface area contributed by atoms with Crippen molar-refractivity contribution < 1.29 is 9.53 Å². The number of aromatic nitrogens is 2. The van der Waals surface area contributed by atoms with Crippen LogP contribution in [0.5, 0.6) is 0 Å². The van der Waals surface area contributed by atoms with E-state index in [1.54, 1.807) is 17.8 Å². The van der Waals surface area contributed by atoms with Crippen molar-refractivity contribution in [3.05, 3.63) is 18.0 Å². The van der Waals surface area contributed by atoms with E-state index >= 15 is 0 Å². The van der Waals surface area contributed by atoms with Crippen molar-refractivity contribution in [3.63, 3.8) is 0 Å². The Labute approximate surface area is 71.1 Å². The van der Waals surface area contributed by atoms with Gasteiger partial charge in [0, 0.05) is 11.9 Å².